The molecule has 0 radical (unpaired) electrons. The molecule has 0 aliphatic rings. The van der Waals surface area contributed by atoms with Gasteiger partial charge in [0.25, 0.3) is 0 Å². The highest BCUT2D eigenvalue weighted by atomic mass is 14.9. The van der Waals surface area contributed by atoms with Gasteiger partial charge in [-0.2, -0.15) is 0 Å². The van der Waals surface area contributed by atoms with E-state index in [9.17, 15) is 0 Å². The van der Waals surface area contributed by atoms with Gasteiger partial charge in [0.15, 0.2) is 0 Å². The van der Waals surface area contributed by atoms with E-state index in [-0.39, 0.29) is 0 Å². The van der Waals surface area contributed by atoms with Gasteiger partial charge in [0.1, 0.15) is 0 Å². The van der Waals surface area contributed by atoms with Crippen LogP contribution in [0.2, 0.25) is 0 Å². The van der Waals surface area contributed by atoms with Gasteiger partial charge in [-0.05, 0) is 17.9 Å². The molecule has 2 aromatic carbocycles. The highest BCUT2D eigenvalue weighted by Crippen LogP contribution is 2.26. The zero-order valence-electron chi connectivity index (χ0n) is 10.2. The summed E-state index contributed by atoms with van der Waals surface area (Å²) in [5.74, 6) is 0. The Kier molecular flexibility index (Phi) is 2.60. The number of aryl methyl sites for hydroxylation is 1. The van der Waals surface area contributed by atoms with Gasteiger partial charge in [-0.1, -0.05) is 49.7 Å². The third-order valence-corrected chi connectivity index (χ3v) is 3.41. The number of aromatic nitrogens is 1. The average molecular weight is 223 g/mol. The summed E-state index contributed by atoms with van der Waals surface area (Å²) >= 11 is 0. The minimum atomic E-state index is 1.12. The van der Waals surface area contributed by atoms with Crippen LogP contribution in [0.15, 0.2) is 48.7 Å². The van der Waals surface area contributed by atoms with Crippen LogP contribution in [0.4, 0.5) is 0 Å². The molecule has 0 saturated carbocycles. The molecule has 1 heteroatoms. The molecule has 0 aliphatic heterocycles. The number of hydrogen-bond donors (Lipinski definition) is 0. The molecular formula is C16H17N. The van der Waals surface area contributed by atoms with Crippen molar-refractivity contribution in [2.45, 2.75) is 26.3 Å². The number of fused-ring (bicyclic) bond motifs is 3. The maximum absolute atomic E-state index is 2.39. The molecule has 3 rings (SSSR count). The number of unbranched alkanes of at least 4 members (excludes halogenated alkanes) is 1. The Bertz CT molecular complexity index is 649. The first-order valence-corrected chi connectivity index (χ1v) is 6.37. The fourth-order valence-corrected chi connectivity index (χ4v) is 2.49. The lowest BCUT2D eigenvalue weighted by Crippen LogP contribution is -1.95. The predicted molar refractivity (Wildman–Crippen MR) is 74.4 cm³/mol. The normalized spacial score (nSPS) is 11.4. The Labute approximate surface area is 102 Å². The molecule has 86 valence electrons. The van der Waals surface area contributed by atoms with Crippen LogP contribution < -0.4 is 0 Å². The third kappa shape index (κ3) is 1.72. The minimum Gasteiger partial charge on any atom is -0.347 e. The summed E-state index contributed by atoms with van der Waals surface area (Å²) in [4.78, 5) is 0. The van der Waals surface area contributed by atoms with Gasteiger partial charge in [-0.3, -0.25) is 0 Å². The van der Waals surface area contributed by atoms with Crippen LogP contribution in [0.3, 0.4) is 0 Å². The van der Waals surface area contributed by atoms with E-state index in [0.29, 0.717) is 0 Å². The molecule has 0 amide bonds. The van der Waals surface area contributed by atoms with E-state index in [4.69, 9.17) is 0 Å². The van der Waals surface area contributed by atoms with E-state index in [0.717, 1.165) is 6.54 Å². The van der Waals surface area contributed by atoms with Crippen molar-refractivity contribution in [1.82, 2.24) is 4.57 Å². The van der Waals surface area contributed by atoms with Crippen LogP contribution in [0.1, 0.15) is 19.8 Å². The zero-order valence-corrected chi connectivity index (χ0v) is 10.2. The average Bonchev–Trinajstić information content (AvgIpc) is 2.80. The molecule has 0 fully saturated rings. The van der Waals surface area contributed by atoms with E-state index in [2.05, 4.69) is 60.2 Å². The minimum absolute atomic E-state index is 1.12. The van der Waals surface area contributed by atoms with Gasteiger partial charge in [0.05, 0.1) is 5.52 Å². The van der Waals surface area contributed by atoms with E-state index in [1.807, 2.05) is 0 Å². The molecule has 17 heavy (non-hydrogen) atoms. The lowest BCUT2D eigenvalue weighted by atomic mass is 10.1. The number of nitrogens with zero attached hydrogens (tertiary/aromatic N) is 1. The van der Waals surface area contributed by atoms with Crippen molar-refractivity contribution in [2.75, 3.05) is 0 Å². The van der Waals surface area contributed by atoms with Crippen LogP contribution in [0, 0.1) is 0 Å². The Morgan fingerprint density at radius 3 is 2.65 bits per heavy atom. The first-order chi connectivity index (χ1) is 8.40. The van der Waals surface area contributed by atoms with E-state index >= 15 is 0 Å². The Balaban J connectivity index is 2.27. The Hall–Kier alpha value is -1.76. The predicted octanol–water partition coefficient (Wildman–Crippen LogP) is 4.59. The lowest BCUT2D eigenvalue weighted by Gasteiger charge is -2.07. The molecule has 0 N–H and O–H groups in total. The fourth-order valence-electron chi connectivity index (χ4n) is 2.49. The topological polar surface area (TPSA) is 4.93 Å². The first-order valence-electron chi connectivity index (χ1n) is 6.37. The molecule has 1 aromatic heterocycles. The second-order valence-corrected chi connectivity index (χ2v) is 4.59. The highest BCUT2D eigenvalue weighted by Gasteiger charge is 2.04. The molecule has 0 spiro atoms. The molecule has 0 saturated heterocycles. The second-order valence-electron chi connectivity index (χ2n) is 4.59. The van der Waals surface area contributed by atoms with E-state index in [1.54, 1.807) is 0 Å². The van der Waals surface area contributed by atoms with Crippen LogP contribution in [0.25, 0.3) is 21.7 Å². The van der Waals surface area contributed by atoms with Gasteiger partial charge >= 0.3 is 0 Å². The molecule has 0 atom stereocenters. The maximum Gasteiger partial charge on any atom is 0.0559 e. The smallest absolute Gasteiger partial charge is 0.0559 e. The quantitative estimate of drug-likeness (QED) is 0.611. The van der Waals surface area contributed by atoms with Gasteiger partial charge in [-0.25, -0.2) is 0 Å². The molecule has 1 nitrogen and oxygen atoms in total. The van der Waals surface area contributed by atoms with Crippen molar-refractivity contribution in [3.05, 3.63) is 48.7 Å². The number of benzene rings is 2. The molecule has 0 aliphatic carbocycles. The van der Waals surface area contributed by atoms with Crippen LogP contribution >= 0.6 is 0 Å². The molecule has 0 unspecified atom stereocenters. The first kappa shape index (κ1) is 10.4. The number of rotatable bonds is 3. The van der Waals surface area contributed by atoms with Crippen molar-refractivity contribution in [1.29, 1.82) is 0 Å². The van der Waals surface area contributed by atoms with Crippen molar-refractivity contribution in [3.8, 4) is 0 Å². The van der Waals surface area contributed by atoms with Crippen molar-refractivity contribution >= 4 is 21.7 Å². The largest absolute Gasteiger partial charge is 0.347 e. The SMILES string of the molecule is CCCCn1ccc2ccc3ccccc3c21. The molecule has 3 aromatic rings. The summed E-state index contributed by atoms with van der Waals surface area (Å²) in [6, 6.07) is 15.3. The lowest BCUT2D eigenvalue weighted by molar-refractivity contribution is 0.651. The summed E-state index contributed by atoms with van der Waals surface area (Å²) in [6.45, 7) is 3.36. The van der Waals surface area contributed by atoms with Crippen LogP contribution in [-0.2, 0) is 6.54 Å². The summed E-state index contributed by atoms with van der Waals surface area (Å²) in [5.41, 5.74) is 1.39. The second kappa shape index (κ2) is 4.25. The van der Waals surface area contributed by atoms with Gasteiger partial charge < -0.3 is 4.57 Å². The van der Waals surface area contributed by atoms with Crippen LogP contribution in [0.5, 0.6) is 0 Å². The summed E-state index contributed by atoms with van der Waals surface area (Å²) in [6.07, 6.45) is 4.70. The number of hydrogen-bond acceptors (Lipinski definition) is 0. The van der Waals surface area contributed by atoms with Crippen molar-refractivity contribution in [2.24, 2.45) is 0 Å². The maximum atomic E-state index is 2.39. The molecular weight excluding hydrogens is 206 g/mol. The van der Waals surface area contributed by atoms with E-state index in [1.165, 1.54) is 34.5 Å². The van der Waals surface area contributed by atoms with Gasteiger partial charge in [0, 0.05) is 23.5 Å². The fraction of sp³-hybridized carbons (Fsp3) is 0.250. The van der Waals surface area contributed by atoms with Gasteiger partial charge in [-0.15, -0.1) is 0 Å². The molecule has 1 heterocycles. The standard InChI is InChI=1S/C16H17N/c1-2-3-11-17-12-10-14-9-8-13-6-4-5-7-15(13)16(14)17/h4-10,12H,2-3,11H2,1H3. The summed E-state index contributed by atoms with van der Waals surface area (Å²) < 4.78 is 2.39. The summed E-state index contributed by atoms with van der Waals surface area (Å²) in [5, 5.41) is 4.04. The highest BCUT2D eigenvalue weighted by molar-refractivity contribution is 6.05. The van der Waals surface area contributed by atoms with Gasteiger partial charge in [0.2, 0.25) is 0 Å². The van der Waals surface area contributed by atoms with Crippen LogP contribution in [-0.4, -0.2) is 4.57 Å². The zero-order chi connectivity index (χ0) is 11.7. The molecule has 0 bridgehead atoms. The monoisotopic (exact) mass is 223 g/mol. The van der Waals surface area contributed by atoms with Crippen molar-refractivity contribution < 1.29 is 0 Å². The Morgan fingerprint density at radius 2 is 1.76 bits per heavy atom. The van der Waals surface area contributed by atoms with E-state index < -0.39 is 0 Å². The summed E-state index contributed by atoms with van der Waals surface area (Å²) in [7, 11) is 0. The Morgan fingerprint density at radius 1 is 0.941 bits per heavy atom. The third-order valence-electron chi connectivity index (χ3n) is 3.41. The van der Waals surface area contributed by atoms with Crippen molar-refractivity contribution in [3.63, 3.8) is 0 Å².